The second-order valence-electron chi connectivity index (χ2n) is 7.14. The number of anilines is 1. The van der Waals surface area contributed by atoms with E-state index in [1.54, 1.807) is 52.1 Å². The first-order chi connectivity index (χ1) is 14.2. The first-order valence-electron chi connectivity index (χ1n) is 9.47. The molecule has 9 heteroatoms. The van der Waals surface area contributed by atoms with E-state index in [9.17, 15) is 9.59 Å². The number of hydrogen-bond acceptors (Lipinski definition) is 6. The summed E-state index contributed by atoms with van der Waals surface area (Å²) in [6.07, 6.45) is 4.59. The van der Waals surface area contributed by atoms with Gasteiger partial charge in [-0.05, 0) is 37.1 Å². The first-order valence-corrected chi connectivity index (χ1v) is 9.47. The summed E-state index contributed by atoms with van der Waals surface area (Å²) in [5, 5.41) is 10.7. The highest BCUT2D eigenvalue weighted by Gasteiger charge is 2.28. The highest BCUT2D eigenvalue weighted by atomic mass is 16.7. The van der Waals surface area contributed by atoms with Crippen molar-refractivity contribution in [3.63, 3.8) is 0 Å². The molecular formula is C20H19N5O4. The summed E-state index contributed by atoms with van der Waals surface area (Å²) < 4.78 is 12.2. The lowest BCUT2D eigenvalue weighted by Gasteiger charge is -2.31. The van der Waals surface area contributed by atoms with E-state index in [0.717, 1.165) is 5.52 Å². The van der Waals surface area contributed by atoms with Crippen molar-refractivity contribution in [2.24, 2.45) is 5.92 Å². The average molecular weight is 393 g/mol. The fourth-order valence-electron chi connectivity index (χ4n) is 3.71. The van der Waals surface area contributed by atoms with Gasteiger partial charge < -0.3 is 19.7 Å². The number of fused-ring (bicyclic) bond motifs is 2. The van der Waals surface area contributed by atoms with Gasteiger partial charge in [-0.2, -0.15) is 0 Å². The Morgan fingerprint density at radius 2 is 1.90 bits per heavy atom. The van der Waals surface area contributed by atoms with Gasteiger partial charge in [-0.15, -0.1) is 5.10 Å². The molecule has 1 aromatic carbocycles. The lowest BCUT2D eigenvalue weighted by Crippen LogP contribution is -2.41. The van der Waals surface area contributed by atoms with Gasteiger partial charge in [-0.25, -0.2) is 4.52 Å². The zero-order valence-corrected chi connectivity index (χ0v) is 15.6. The Morgan fingerprint density at radius 1 is 1.07 bits per heavy atom. The summed E-state index contributed by atoms with van der Waals surface area (Å²) in [7, 11) is 0. The van der Waals surface area contributed by atoms with Crippen LogP contribution in [0.15, 0.2) is 42.7 Å². The molecule has 2 aliphatic rings. The predicted octanol–water partition coefficient (Wildman–Crippen LogP) is 1.95. The predicted molar refractivity (Wildman–Crippen MR) is 103 cm³/mol. The molecule has 5 rings (SSSR count). The average Bonchev–Trinajstić information content (AvgIpc) is 3.41. The molecule has 0 radical (unpaired) electrons. The molecule has 148 valence electrons. The summed E-state index contributed by atoms with van der Waals surface area (Å²) in [5.74, 6) is 1.10. The number of nitrogens with one attached hydrogen (secondary N) is 1. The van der Waals surface area contributed by atoms with Gasteiger partial charge >= 0.3 is 0 Å². The van der Waals surface area contributed by atoms with Gasteiger partial charge in [-0.3, -0.25) is 9.59 Å². The van der Waals surface area contributed by atoms with Crippen LogP contribution in [-0.4, -0.2) is 51.4 Å². The maximum atomic E-state index is 12.8. The van der Waals surface area contributed by atoms with Crippen LogP contribution in [-0.2, 0) is 4.79 Å². The van der Waals surface area contributed by atoms with E-state index in [0.29, 0.717) is 48.7 Å². The number of ether oxygens (including phenoxy) is 2. The number of pyridine rings is 1. The number of piperidine rings is 1. The van der Waals surface area contributed by atoms with E-state index in [1.807, 2.05) is 0 Å². The third kappa shape index (κ3) is 3.35. The number of carbonyl (C=O) groups excluding carboxylic acids is 2. The van der Waals surface area contributed by atoms with Crippen molar-refractivity contribution in [1.82, 2.24) is 19.7 Å². The topological polar surface area (TPSA) is 98.1 Å². The summed E-state index contributed by atoms with van der Waals surface area (Å²) in [4.78, 5) is 27.2. The van der Waals surface area contributed by atoms with Crippen molar-refractivity contribution < 1.29 is 19.1 Å². The molecule has 4 heterocycles. The number of nitrogens with zero attached hydrogens (tertiary/aromatic N) is 4. The maximum absolute atomic E-state index is 12.8. The maximum Gasteiger partial charge on any atom is 0.253 e. The minimum Gasteiger partial charge on any atom is -0.454 e. The van der Waals surface area contributed by atoms with Crippen LogP contribution < -0.4 is 14.8 Å². The number of hydrogen-bond donors (Lipinski definition) is 1. The van der Waals surface area contributed by atoms with Gasteiger partial charge in [0.05, 0.1) is 11.7 Å². The van der Waals surface area contributed by atoms with Crippen LogP contribution in [0.25, 0.3) is 5.52 Å². The fourth-order valence-corrected chi connectivity index (χ4v) is 3.71. The number of rotatable bonds is 3. The Balaban J connectivity index is 1.19. The van der Waals surface area contributed by atoms with Gasteiger partial charge in [0.25, 0.3) is 5.91 Å². The molecule has 0 bridgehead atoms. The third-order valence-electron chi connectivity index (χ3n) is 5.34. The highest BCUT2D eigenvalue weighted by Crippen LogP contribution is 2.34. The minimum atomic E-state index is -0.133. The second kappa shape index (κ2) is 7.08. The molecular weight excluding hydrogens is 374 g/mol. The zero-order chi connectivity index (χ0) is 19.8. The first kappa shape index (κ1) is 17.5. The highest BCUT2D eigenvalue weighted by molar-refractivity contribution is 5.96. The Bertz CT molecular complexity index is 1090. The Hall–Kier alpha value is -3.62. The molecule has 29 heavy (non-hydrogen) atoms. The summed E-state index contributed by atoms with van der Waals surface area (Å²) in [5.41, 5.74) is 2.05. The number of amides is 2. The number of benzene rings is 1. The minimum absolute atomic E-state index is 0.0386. The van der Waals surface area contributed by atoms with E-state index in [4.69, 9.17) is 9.47 Å². The molecule has 0 unspecified atom stereocenters. The van der Waals surface area contributed by atoms with Crippen molar-refractivity contribution in [3.05, 3.63) is 48.3 Å². The molecule has 2 amide bonds. The Labute approximate surface area is 166 Å². The van der Waals surface area contributed by atoms with Crippen LogP contribution in [0.4, 0.5) is 5.69 Å². The molecule has 0 atom stereocenters. The van der Waals surface area contributed by atoms with E-state index < -0.39 is 0 Å². The van der Waals surface area contributed by atoms with E-state index >= 15 is 0 Å². The smallest absolute Gasteiger partial charge is 0.253 e. The summed E-state index contributed by atoms with van der Waals surface area (Å²) in [6.45, 7) is 1.28. The van der Waals surface area contributed by atoms with Gasteiger partial charge in [0, 0.05) is 42.5 Å². The Kier molecular flexibility index (Phi) is 4.27. The normalized spacial score (nSPS) is 16.2. The van der Waals surface area contributed by atoms with Crippen molar-refractivity contribution in [3.8, 4) is 11.5 Å². The fraction of sp³-hybridized carbons (Fsp3) is 0.300. The van der Waals surface area contributed by atoms with E-state index in [-0.39, 0.29) is 24.5 Å². The molecule has 3 aromatic rings. The van der Waals surface area contributed by atoms with Gasteiger partial charge in [0.2, 0.25) is 12.7 Å². The SMILES string of the molecule is O=C(Nc1ccc2c(c1)OCO2)C1CCN(C(=O)c2ccn3nncc3c2)CC1. The van der Waals surface area contributed by atoms with Crippen LogP contribution in [0.5, 0.6) is 11.5 Å². The summed E-state index contributed by atoms with van der Waals surface area (Å²) >= 11 is 0. The molecule has 2 aromatic heterocycles. The number of aromatic nitrogens is 3. The van der Waals surface area contributed by atoms with Crippen molar-refractivity contribution >= 4 is 23.0 Å². The lowest BCUT2D eigenvalue weighted by atomic mass is 9.95. The molecule has 2 aliphatic heterocycles. The molecule has 1 N–H and O–H groups in total. The van der Waals surface area contributed by atoms with Crippen molar-refractivity contribution in [2.45, 2.75) is 12.8 Å². The van der Waals surface area contributed by atoms with Crippen LogP contribution >= 0.6 is 0 Å². The van der Waals surface area contributed by atoms with Crippen LogP contribution in [0, 0.1) is 5.92 Å². The number of carbonyl (C=O) groups is 2. The summed E-state index contributed by atoms with van der Waals surface area (Å²) in [6, 6.07) is 8.86. The Morgan fingerprint density at radius 3 is 2.76 bits per heavy atom. The number of likely N-dealkylation sites (tertiary alicyclic amines) is 1. The second-order valence-corrected chi connectivity index (χ2v) is 7.14. The van der Waals surface area contributed by atoms with Crippen molar-refractivity contribution in [2.75, 3.05) is 25.2 Å². The monoisotopic (exact) mass is 393 g/mol. The van der Waals surface area contributed by atoms with Crippen molar-refractivity contribution in [1.29, 1.82) is 0 Å². The lowest BCUT2D eigenvalue weighted by molar-refractivity contribution is -0.121. The molecule has 0 spiro atoms. The molecule has 9 nitrogen and oxygen atoms in total. The molecule has 0 aliphatic carbocycles. The van der Waals surface area contributed by atoms with Gasteiger partial charge in [0.15, 0.2) is 11.5 Å². The zero-order valence-electron chi connectivity index (χ0n) is 15.6. The van der Waals surface area contributed by atoms with Crippen LogP contribution in [0.2, 0.25) is 0 Å². The van der Waals surface area contributed by atoms with Crippen LogP contribution in [0.3, 0.4) is 0 Å². The van der Waals surface area contributed by atoms with Gasteiger partial charge in [0.1, 0.15) is 0 Å². The van der Waals surface area contributed by atoms with E-state index in [1.165, 1.54) is 0 Å². The van der Waals surface area contributed by atoms with Gasteiger partial charge in [-0.1, -0.05) is 5.21 Å². The quantitative estimate of drug-likeness (QED) is 0.730. The van der Waals surface area contributed by atoms with Crippen LogP contribution in [0.1, 0.15) is 23.2 Å². The van der Waals surface area contributed by atoms with E-state index in [2.05, 4.69) is 15.6 Å². The standard InChI is InChI=1S/C20H19N5O4/c26-19(22-15-1-2-17-18(10-15)29-12-28-17)13-3-6-24(7-4-13)20(27)14-5-8-25-16(9-14)11-21-23-25/h1-2,5,8-11,13H,3-4,6-7,12H2,(H,22,26). The largest absolute Gasteiger partial charge is 0.454 e. The third-order valence-corrected chi connectivity index (χ3v) is 5.34. The molecule has 0 saturated carbocycles. The molecule has 1 fully saturated rings. The molecule has 1 saturated heterocycles.